The molecule has 1 aliphatic carbocycles. The Kier molecular flexibility index (Phi) is 4.93. The summed E-state index contributed by atoms with van der Waals surface area (Å²) < 4.78 is 0.342. The number of fused-ring (bicyclic) bond motifs is 1. The van der Waals surface area contributed by atoms with Gasteiger partial charge in [0, 0.05) is 10.3 Å². The van der Waals surface area contributed by atoms with Gasteiger partial charge in [-0.15, -0.1) is 11.3 Å². The summed E-state index contributed by atoms with van der Waals surface area (Å²) in [5.74, 6) is -0.553. The van der Waals surface area contributed by atoms with E-state index in [2.05, 4.69) is 5.43 Å². The van der Waals surface area contributed by atoms with Crippen molar-refractivity contribution in [2.75, 3.05) is 0 Å². The maximum atomic E-state index is 12.7. The van der Waals surface area contributed by atoms with Crippen LogP contribution in [0, 0.1) is 0 Å². The molecule has 4 nitrogen and oxygen atoms in total. The number of nitrogens with zero attached hydrogens (tertiary/aromatic N) is 1. The van der Waals surface area contributed by atoms with Gasteiger partial charge < -0.3 is 0 Å². The zero-order valence-electron chi connectivity index (χ0n) is 13.9. The molecule has 7 heteroatoms. The van der Waals surface area contributed by atoms with Crippen molar-refractivity contribution in [2.24, 2.45) is 0 Å². The summed E-state index contributed by atoms with van der Waals surface area (Å²) in [5.41, 5.74) is 5.42. The Bertz CT molecular complexity index is 918. The zero-order chi connectivity index (χ0) is 18.1. The first-order chi connectivity index (χ1) is 12.6. The molecule has 0 radical (unpaired) electrons. The van der Waals surface area contributed by atoms with E-state index >= 15 is 0 Å². The Labute approximate surface area is 165 Å². The van der Waals surface area contributed by atoms with Crippen LogP contribution in [0.3, 0.4) is 0 Å². The molecule has 2 aliphatic rings. The number of carbonyl (C=O) groups is 2. The van der Waals surface area contributed by atoms with Crippen LogP contribution in [0.4, 0.5) is 0 Å². The number of hydrogen-bond acceptors (Lipinski definition) is 5. The predicted octanol–water partition coefficient (Wildman–Crippen LogP) is 4.17. The van der Waals surface area contributed by atoms with Crippen molar-refractivity contribution in [3.05, 3.63) is 62.2 Å². The van der Waals surface area contributed by atoms with Crippen LogP contribution in [-0.4, -0.2) is 21.1 Å². The van der Waals surface area contributed by atoms with Crippen LogP contribution < -0.4 is 5.43 Å². The highest BCUT2D eigenvalue weighted by atomic mass is 32.2. The number of benzene rings is 1. The summed E-state index contributed by atoms with van der Waals surface area (Å²) in [7, 11) is 0. The highest BCUT2D eigenvalue weighted by Gasteiger charge is 2.34. The minimum Gasteiger partial charge on any atom is -0.267 e. The summed E-state index contributed by atoms with van der Waals surface area (Å²) >= 11 is 8.12. The molecule has 1 fully saturated rings. The Hall–Kier alpha value is -1.96. The second-order valence-electron chi connectivity index (χ2n) is 6.13. The van der Waals surface area contributed by atoms with E-state index in [1.807, 2.05) is 35.7 Å². The van der Waals surface area contributed by atoms with Gasteiger partial charge >= 0.3 is 0 Å². The molecule has 1 aromatic heterocycles. The molecule has 1 aromatic carbocycles. The number of rotatable bonds is 3. The number of amides is 2. The van der Waals surface area contributed by atoms with Gasteiger partial charge in [0.25, 0.3) is 11.8 Å². The molecule has 26 heavy (non-hydrogen) atoms. The first-order valence-corrected chi connectivity index (χ1v) is 10.5. The van der Waals surface area contributed by atoms with Crippen molar-refractivity contribution >= 4 is 57.5 Å². The van der Waals surface area contributed by atoms with E-state index in [4.69, 9.17) is 12.2 Å². The van der Waals surface area contributed by atoms with Crippen LogP contribution in [0.2, 0.25) is 0 Å². The van der Waals surface area contributed by atoms with Gasteiger partial charge in [-0.3, -0.25) is 15.0 Å². The molecule has 0 spiro atoms. The van der Waals surface area contributed by atoms with Crippen LogP contribution in [-0.2, 0) is 17.6 Å². The molecule has 2 amide bonds. The molecule has 1 saturated heterocycles. The Morgan fingerprint density at radius 3 is 2.77 bits per heavy atom. The molecule has 1 aliphatic heterocycles. The van der Waals surface area contributed by atoms with Crippen molar-refractivity contribution in [3.63, 3.8) is 0 Å². The molecule has 132 valence electrons. The molecule has 4 rings (SSSR count). The Balaban J connectivity index is 1.52. The standard InChI is InChI=1S/C19H16N2O2S3/c22-17(14-11-25-15-9-5-4-8-13(14)15)20-21-18(23)16(26-19(21)24)10-12-6-2-1-3-7-12/h1-3,6-7,10-11H,4-5,8-9H2,(H,20,22). The average Bonchev–Trinajstić information content (AvgIpc) is 3.19. The normalized spacial score (nSPS) is 18.3. The SMILES string of the molecule is O=C(NN1C(=O)C(=Cc2ccccc2)SC1=S)c1csc2c1CCCC2. The molecule has 1 N–H and O–H groups in total. The van der Waals surface area contributed by atoms with Crippen molar-refractivity contribution in [2.45, 2.75) is 25.7 Å². The van der Waals surface area contributed by atoms with E-state index in [0.717, 1.165) is 30.4 Å². The monoisotopic (exact) mass is 400 g/mol. The van der Waals surface area contributed by atoms with E-state index in [-0.39, 0.29) is 11.8 Å². The van der Waals surface area contributed by atoms with Gasteiger partial charge in [0.05, 0.1) is 10.5 Å². The number of nitrogens with one attached hydrogen (secondary N) is 1. The number of hydrazine groups is 1. The summed E-state index contributed by atoms with van der Waals surface area (Å²) in [6.45, 7) is 0. The molecular formula is C19H16N2O2S3. The number of aryl methyl sites for hydroxylation is 1. The Morgan fingerprint density at radius 1 is 1.19 bits per heavy atom. The number of hydrogen-bond donors (Lipinski definition) is 1. The molecule has 0 unspecified atom stereocenters. The van der Waals surface area contributed by atoms with Crippen molar-refractivity contribution in [3.8, 4) is 0 Å². The predicted molar refractivity (Wildman–Crippen MR) is 110 cm³/mol. The van der Waals surface area contributed by atoms with E-state index in [1.54, 1.807) is 17.4 Å². The third kappa shape index (κ3) is 3.34. The number of thiophene rings is 1. The Morgan fingerprint density at radius 2 is 1.96 bits per heavy atom. The molecule has 0 saturated carbocycles. The van der Waals surface area contributed by atoms with Gasteiger partial charge in [0.2, 0.25) is 0 Å². The molecular weight excluding hydrogens is 384 g/mol. The quantitative estimate of drug-likeness (QED) is 0.620. The van der Waals surface area contributed by atoms with Gasteiger partial charge in [-0.2, -0.15) is 5.01 Å². The summed E-state index contributed by atoms with van der Waals surface area (Å²) in [6.07, 6.45) is 6.03. The fraction of sp³-hybridized carbons (Fsp3) is 0.211. The lowest BCUT2D eigenvalue weighted by Crippen LogP contribution is -2.45. The third-order valence-corrected chi connectivity index (χ3v) is 6.80. The minimum absolute atomic E-state index is 0.262. The number of thioether (sulfide) groups is 1. The second kappa shape index (κ2) is 7.34. The van der Waals surface area contributed by atoms with Gasteiger partial charge in [0.1, 0.15) is 0 Å². The van der Waals surface area contributed by atoms with Crippen LogP contribution in [0.25, 0.3) is 6.08 Å². The van der Waals surface area contributed by atoms with Gasteiger partial charge in [-0.05, 0) is 55.1 Å². The minimum atomic E-state index is -0.290. The van der Waals surface area contributed by atoms with E-state index in [9.17, 15) is 9.59 Å². The average molecular weight is 401 g/mol. The van der Waals surface area contributed by atoms with Crippen LogP contribution in [0.5, 0.6) is 0 Å². The van der Waals surface area contributed by atoms with E-state index in [1.165, 1.54) is 28.1 Å². The van der Waals surface area contributed by atoms with E-state index in [0.29, 0.717) is 14.8 Å². The summed E-state index contributed by atoms with van der Waals surface area (Å²) in [4.78, 5) is 27.2. The lowest BCUT2D eigenvalue weighted by atomic mass is 9.96. The van der Waals surface area contributed by atoms with E-state index < -0.39 is 0 Å². The fourth-order valence-corrected chi connectivity index (χ4v) is 5.42. The smallest absolute Gasteiger partial charge is 0.267 e. The van der Waals surface area contributed by atoms with Crippen LogP contribution in [0.15, 0.2) is 40.6 Å². The lowest BCUT2D eigenvalue weighted by molar-refractivity contribution is -0.123. The van der Waals surface area contributed by atoms with Gasteiger partial charge in [0.15, 0.2) is 4.32 Å². The van der Waals surface area contributed by atoms with Crippen molar-refractivity contribution in [1.82, 2.24) is 10.4 Å². The first-order valence-electron chi connectivity index (χ1n) is 8.37. The lowest BCUT2D eigenvalue weighted by Gasteiger charge is -2.17. The highest BCUT2D eigenvalue weighted by Crippen LogP contribution is 2.33. The second-order valence-corrected chi connectivity index (χ2v) is 8.77. The maximum Gasteiger partial charge on any atom is 0.285 e. The summed E-state index contributed by atoms with van der Waals surface area (Å²) in [5, 5.41) is 3.08. The highest BCUT2D eigenvalue weighted by molar-refractivity contribution is 8.26. The molecule has 0 bridgehead atoms. The molecule has 2 heterocycles. The van der Waals surface area contributed by atoms with Crippen molar-refractivity contribution < 1.29 is 9.59 Å². The zero-order valence-corrected chi connectivity index (χ0v) is 16.3. The van der Waals surface area contributed by atoms with Crippen LogP contribution >= 0.6 is 35.3 Å². The largest absolute Gasteiger partial charge is 0.285 e. The fourth-order valence-electron chi connectivity index (χ4n) is 3.11. The maximum absolute atomic E-state index is 12.7. The third-order valence-electron chi connectivity index (χ3n) is 4.41. The topological polar surface area (TPSA) is 49.4 Å². The first kappa shape index (κ1) is 17.5. The number of carbonyl (C=O) groups excluding carboxylic acids is 2. The summed E-state index contributed by atoms with van der Waals surface area (Å²) in [6, 6.07) is 9.58. The van der Waals surface area contributed by atoms with Gasteiger partial charge in [-0.1, -0.05) is 42.1 Å². The number of thiocarbonyl (C=S) groups is 1. The van der Waals surface area contributed by atoms with Crippen LogP contribution in [0.1, 0.15) is 39.2 Å². The van der Waals surface area contributed by atoms with Crippen molar-refractivity contribution in [1.29, 1.82) is 0 Å². The molecule has 2 aromatic rings. The molecule has 0 atom stereocenters. The van der Waals surface area contributed by atoms with Gasteiger partial charge in [-0.25, -0.2) is 0 Å².